The zero-order valence-electron chi connectivity index (χ0n) is 19.3. The monoisotopic (exact) mass is 394 g/mol. The lowest BCUT2D eigenvalue weighted by Gasteiger charge is -2.02. The van der Waals surface area contributed by atoms with Gasteiger partial charge in [-0.3, -0.25) is 4.79 Å². The summed E-state index contributed by atoms with van der Waals surface area (Å²) < 4.78 is 4.94. The second-order valence-corrected chi connectivity index (χ2v) is 8.40. The summed E-state index contributed by atoms with van der Waals surface area (Å²) in [5, 5.41) is 0. The minimum atomic E-state index is -0.156. The van der Waals surface area contributed by atoms with Gasteiger partial charge in [-0.1, -0.05) is 115 Å². The van der Waals surface area contributed by atoms with E-state index in [1.807, 2.05) is 0 Å². The van der Waals surface area contributed by atoms with Crippen LogP contribution in [0.15, 0.2) is 12.2 Å². The molecule has 0 heterocycles. The van der Waals surface area contributed by atoms with Crippen LogP contribution >= 0.6 is 0 Å². The Bertz CT molecular complexity index is 335. The van der Waals surface area contributed by atoms with Crippen LogP contribution in [0.1, 0.15) is 142 Å². The van der Waals surface area contributed by atoms with Gasteiger partial charge in [-0.05, 0) is 32.1 Å². The summed E-state index contributed by atoms with van der Waals surface area (Å²) >= 11 is 0. The van der Waals surface area contributed by atoms with Gasteiger partial charge in [-0.15, -0.1) is 0 Å². The largest absolute Gasteiger partial charge is 0.466 e. The molecule has 28 heavy (non-hydrogen) atoms. The molecule has 0 aliphatic rings. The number of esters is 1. The van der Waals surface area contributed by atoms with Gasteiger partial charge in [-0.2, -0.15) is 0 Å². The van der Waals surface area contributed by atoms with E-state index in [1.165, 1.54) is 129 Å². The average Bonchev–Trinajstić information content (AvgIpc) is 2.68. The summed E-state index contributed by atoms with van der Waals surface area (Å²) in [5.74, 6) is -0.156. The molecule has 2 heteroatoms. The predicted octanol–water partition coefficient (Wildman–Crippen LogP) is 8.93. The maximum absolute atomic E-state index is 10.6. The van der Waals surface area contributed by atoms with Crippen LogP contribution < -0.4 is 0 Å². The Morgan fingerprint density at radius 2 is 0.929 bits per heavy atom. The fourth-order valence-corrected chi connectivity index (χ4v) is 3.63. The fraction of sp³-hybridized carbons (Fsp3) is 0.885. The van der Waals surface area contributed by atoms with Gasteiger partial charge in [0.15, 0.2) is 0 Å². The van der Waals surface area contributed by atoms with Crippen LogP contribution in [0.4, 0.5) is 0 Å². The molecule has 0 aromatic carbocycles. The second kappa shape index (κ2) is 24.2. The van der Waals surface area contributed by atoms with E-state index in [1.54, 1.807) is 0 Å². The molecule has 2 nitrogen and oxygen atoms in total. The van der Waals surface area contributed by atoms with Crippen LogP contribution in [0.2, 0.25) is 0 Å². The first-order valence-electron chi connectivity index (χ1n) is 12.6. The standard InChI is InChI=1S/C26H50O2/c1-3-4-5-6-7-8-9-10-11-12-13-14-15-16-17-18-19-20-21-22-23-24-25-28-26(2)27/h15-16H,3-14,17-25H2,1-2H3. The second-order valence-electron chi connectivity index (χ2n) is 8.40. The molecule has 0 aromatic heterocycles. The topological polar surface area (TPSA) is 26.3 Å². The maximum Gasteiger partial charge on any atom is 0.302 e. The van der Waals surface area contributed by atoms with Crippen molar-refractivity contribution in [3.05, 3.63) is 12.2 Å². The first kappa shape index (κ1) is 27.2. The molecule has 0 unspecified atom stereocenters. The summed E-state index contributed by atoms with van der Waals surface area (Å²) in [7, 11) is 0. The van der Waals surface area contributed by atoms with Crippen molar-refractivity contribution in [3.8, 4) is 0 Å². The molecule has 0 saturated carbocycles. The van der Waals surface area contributed by atoms with Crippen molar-refractivity contribution in [2.75, 3.05) is 6.61 Å². The smallest absolute Gasteiger partial charge is 0.302 e. The molecular formula is C26H50O2. The molecule has 0 aromatic rings. The van der Waals surface area contributed by atoms with Gasteiger partial charge in [-0.25, -0.2) is 0 Å². The Morgan fingerprint density at radius 3 is 1.32 bits per heavy atom. The van der Waals surface area contributed by atoms with Gasteiger partial charge in [0, 0.05) is 6.92 Å². The molecule has 0 N–H and O–H groups in total. The summed E-state index contributed by atoms with van der Waals surface area (Å²) in [4.78, 5) is 10.6. The van der Waals surface area contributed by atoms with Crippen LogP contribution in [0.25, 0.3) is 0 Å². The fourth-order valence-electron chi connectivity index (χ4n) is 3.63. The van der Waals surface area contributed by atoms with Crippen LogP contribution in [0.3, 0.4) is 0 Å². The Balaban J connectivity index is 3.08. The van der Waals surface area contributed by atoms with E-state index in [4.69, 9.17) is 4.74 Å². The van der Waals surface area contributed by atoms with Crippen molar-refractivity contribution in [1.82, 2.24) is 0 Å². The molecule has 0 aliphatic carbocycles. The highest BCUT2D eigenvalue weighted by molar-refractivity contribution is 5.65. The zero-order chi connectivity index (χ0) is 20.5. The number of ether oxygens (including phenoxy) is 1. The molecule has 0 spiro atoms. The third-order valence-corrected chi connectivity index (χ3v) is 5.46. The molecule has 0 rings (SSSR count). The Kier molecular flexibility index (Phi) is 23.6. The Morgan fingerprint density at radius 1 is 0.571 bits per heavy atom. The highest BCUT2D eigenvalue weighted by Crippen LogP contribution is 2.12. The predicted molar refractivity (Wildman–Crippen MR) is 124 cm³/mol. The lowest BCUT2D eigenvalue weighted by molar-refractivity contribution is -0.141. The van der Waals surface area contributed by atoms with Gasteiger partial charge in [0.2, 0.25) is 0 Å². The van der Waals surface area contributed by atoms with Crippen molar-refractivity contribution in [3.63, 3.8) is 0 Å². The number of allylic oxidation sites excluding steroid dienone is 2. The third kappa shape index (κ3) is 25.2. The van der Waals surface area contributed by atoms with Gasteiger partial charge in [0.05, 0.1) is 6.61 Å². The highest BCUT2D eigenvalue weighted by atomic mass is 16.5. The summed E-state index contributed by atoms with van der Waals surface area (Å²) in [5.41, 5.74) is 0. The number of hydrogen-bond acceptors (Lipinski definition) is 2. The number of unbranched alkanes of at least 4 members (excludes halogenated alkanes) is 18. The quantitative estimate of drug-likeness (QED) is 0.104. The lowest BCUT2D eigenvalue weighted by atomic mass is 10.0. The molecule has 166 valence electrons. The first-order valence-corrected chi connectivity index (χ1v) is 12.6. The van der Waals surface area contributed by atoms with E-state index in [-0.39, 0.29) is 5.97 Å². The van der Waals surface area contributed by atoms with Gasteiger partial charge >= 0.3 is 5.97 Å². The minimum absolute atomic E-state index is 0.156. The molecule has 0 radical (unpaired) electrons. The van der Waals surface area contributed by atoms with Crippen molar-refractivity contribution < 1.29 is 9.53 Å². The van der Waals surface area contributed by atoms with Crippen LogP contribution in [-0.4, -0.2) is 12.6 Å². The van der Waals surface area contributed by atoms with Crippen LogP contribution in [-0.2, 0) is 9.53 Å². The van der Waals surface area contributed by atoms with Crippen molar-refractivity contribution in [2.24, 2.45) is 0 Å². The molecule has 0 amide bonds. The van der Waals surface area contributed by atoms with Crippen molar-refractivity contribution in [2.45, 2.75) is 142 Å². The summed E-state index contributed by atoms with van der Waals surface area (Å²) in [6.07, 6.45) is 31.9. The van der Waals surface area contributed by atoms with E-state index in [2.05, 4.69) is 19.1 Å². The van der Waals surface area contributed by atoms with E-state index >= 15 is 0 Å². The number of hydrogen-bond donors (Lipinski definition) is 0. The number of rotatable bonds is 22. The van der Waals surface area contributed by atoms with Crippen molar-refractivity contribution in [1.29, 1.82) is 0 Å². The number of carbonyl (C=O) groups is 1. The SMILES string of the molecule is CCCCCCCCCCCCCC=CCCCCCCCCCOC(C)=O. The van der Waals surface area contributed by atoms with E-state index in [0.29, 0.717) is 6.61 Å². The molecule has 0 bridgehead atoms. The van der Waals surface area contributed by atoms with E-state index in [9.17, 15) is 4.79 Å². The Hall–Kier alpha value is -0.790. The third-order valence-electron chi connectivity index (χ3n) is 5.46. The van der Waals surface area contributed by atoms with E-state index in [0.717, 1.165) is 6.42 Å². The van der Waals surface area contributed by atoms with Gasteiger partial charge in [0.1, 0.15) is 0 Å². The number of carbonyl (C=O) groups excluding carboxylic acids is 1. The van der Waals surface area contributed by atoms with Crippen molar-refractivity contribution >= 4 is 5.97 Å². The van der Waals surface area contributed by atoms with Crippen LogP contribution in [0, 0.1) is 0 Å². The first-order chi connectivity index (χ1) is 13.8. The van der Waals surface area contributed by atoms with E-state index < -0.39 is 0 Å². The zero-order valence-corrected chi connectivity index (χ0v) is 19.3. The lowest BCUT2D eigenvalue weighted by Crippen LogP contribution is -1.99. The molecule has 0 fully saturated rings. The molecular weight excluding hydrogens is 344 g/mol. The van der Waals surface area contributed by atoms with Gasteiger partial charge < -0.3 is 4.74 Å². The minimum Gasteiger partial charge on any atom is -0.466 e. The molecule has 0 saturated heterocycles. The Labute approximate surface area is 176 Å². The maximum atomic E-state index is 10.6. The average molecular weight is 395 g/mol. The summed E-state index contributed by atoms with van der Waals surface area (Å²) in [6, 6.07) is 0. The molecule has 0 aliphatic heterocycles. The summed E-state index contributed by atoms with van der Waals surface area (Å²) in [6.45, 7) is 4.36. The highest BCUT2D eigenvalue weighted by Gasteiger charge is 1.95. The van der Waals surface area contributed by atoms with Gasteiger partial charge in [0.25, 0.3) is 0 Å². The molecule has 0 atom stereocenters. The normalized spacial score (nSPS) is 11.4. The van der Waals surface area contributed by atoms with Crippen LogP contribution in [0.5, 0.6) is 0 Å².